The lowest BCUT2D eigenvalue weighted by Crippen LogP contribution is -2.30. The van der Waals surface area contributed by atoms with Crippen LogP contribution in [0.2, 0.25) is 5.02 Å². The van der Waals surface area contributed by atoms with Crippen molar-refractivity contribution in [3.05, 3.63) is 106 Å². The number of aromatic nitrogens is 1. The highest BCUT2D eigenvalue weighted by Crippen LogP contribution is 2.35. The van der Waals surface area contributed by atoms with Crippen LogP contribution in [0.4, 0.5) is 24.5 Å². The smallest absolute Gasteiger partial charge is 0.417 e. The molecule has 1 amide bonds. The average molecular weight is 574 g/mol. The van der Waals surface area contributed by atoms with E-state index in [-0.39, 0.29) is 22.3 Å². The number of ether oxygens (including phenoxy) is 3. The summed E-state index contributed by atoms with van der Waals surface area (Å²) in [6.45, 7) is 1.55. The highest BCUT2D eigenvalue weighted by atomic mass is 35.5. The van der Waals surface area contributed by atoms with Gasteiger partial charge in [0.15, 0.2) is 6.10 Å². The molecule has 1 aromatic heterocycles. The van der Waals surface area contributed by atoms with E-state index in [9.17, 15) is 28.1 Å². The van der Waals surface area contributed by atoms with E-state index in [0.29, 0.717) is 29.1 Å². The average Bonchev–Trinajstić information content (AvgIpc) is 2.91. The standard InChI is InChI=1S/C27H19ClF3N3O6/c1-16(25(35)33-18-2-6-21(7-3-18)39-22-8-4-19(5-9-22)34(36)37)38-20-10-12-23(13-11-20)40-26-24(28)14-17(15-32-26)27(29,30)31/h2-16H,1H3,(H,33,35). The third kappa shape index (κ3) is 7.38. The topological polar surface area (TPSA) is 113 Å². The zero-order chi connectivity index (χ0) is 28.9. The maximum Gasteiger partial charge on any atom is 0.417 e. The number of nitrogens with one attached hydrogen (secondary N) is 1. The van der Waals surface area contributed by atoms with Gasteiger partial charge in [-0.15, -0.1) is 0 Å². The molecule has 3 aromatic carbocycles. The van der Waals surface area contributed by atoms with Gasteiger partial charge in [-0.1, -0.05) is 11.6 Å². The number of non-ortho nitro benzene ring substituents is 1. The Balaban J connectivity index is 1.29. The van der Waals surface area contributed by atoms with Gasteiger partial charge in [-0.25, -0.2) is 4.98 Å². The number of halogens is 4. The molecular formula is C27H19ClF3N3O6. The number of pyridine rings is 1. The molecule has 1 atom stereocenters. The molecule has 0 fully saturated rings. The highest BCUT2D eigenvalue weighted by molar-refractivity contribution is 6.31. The van der Waals surface area contributed by atoms with Crippen molar-refractivity contribution in [2.45, 2.75) is 19.2 Å². The Hall–Kier alpha value is -4.84. The zero-order valence-corrected chi connectivity index (χ0v) is 21.3. The number of benzene rings is 3. The third-order valence-corrected chi connectivity index (χ3v) is 5.53. The summed E-state index contributed by atoms with van der Waals surface area (Å²) in [5, 5.41) is 13.2. The van der Waals surface area contributed by atoms with Gasteiger partial charge in [-0.05, 0) is 73.7 Å². The Labute approximate surface area is 230 Å². The number of nitro benzene ring substituents is 1. The molecule has 0 bridgehead atoms. The van der Waals surface area contributed by atoms with Crippen LogP contribution in [-0.2, 0) is 11.0 Å². The fourth-order valence-corrected chi connectivity index (χ4v) is 3.44. The molecule has 4 aromatic rings. The van der Waals surface area contributed by atoms with E-state index in [4.69, 9.17) is 25.8 Å². The molecule has 13 heteroatoms. The molecule has 1 heterocycles. The van der Waals surface area contributed by atoms with Gasteiger partial charge in [0.25, 0.3) is 11.6 Å². The molecular weight excluding hydrogens is 555 g/mol. The molecule has 1 unspecified atom stereocenters. The number of carbonyl (C=O) groups excluding carboxylic acids is 1. The monoisotopic (exact) mass is 573 g/mol. The minimum Gasteiger partial charge on any atom is -0.481 e. The van der Waals surface area contributed by atoms with Crippen LogP contribution >= 0.6 is 11.6 Å². The Morgan fingerprint density at radius 1 is 0.925 bits per heavy atom. The van der Waals surface area contributed by atoms with E-state index < -0.39 is 28.7 Å². The van der Waals surface area contributed by atoms with Gasteiger partial charge in [0.1, 0.15) is 28.0 Å². The van der Waals surface area contributed by atoms with E-state index in [2.05, 4.69) is 10.3 Å². The van der Waals surface area contributed by atoms with Gasteiger partial charge in [-0.2, -0.15) is 13.2 Å². The number of anilines is 1. The van der Waals surface area contributed by atoms with E-state index in [0.717, 1.165) is 6.07 Å². The number of nitrogens with zero attached hydrogens (tertiary/aromatic N) is 2. The summed E-state index contributed by atoms with van der Waals surface area (Å²) in [5.41, 5.74) is -0.556. The normalized spacial score (nSPS) is 11.8. The van der Waals surface area contributed by atoms with Crippen LogP contribution in [0.5, 0.6) is 28.9 Å². The molecule has 0 saturated heterocycles. The van der Waals surface area contributed by atoms with Crippen molar-refractivity contribution in [2.75, 3.05) is 5.32 Å². The molecule has 40 heavy (non-hydrogen) atoms. The Morgan fingerprint density at radius 2 is 1.45 bits per heavy atom. The molecule has 0 aliphatic carbocycles. The van der Waals surface area contributed by atoms with Gasteiger partial charge < -0.3 is 19.5 Å². The first-order valence-corrected chi connectivity index (χ1v) is 11.9. The first-order valence-electron chi connectivity index (χ1n) is 11.5. The summed E-state index contributed by atoms with van der Waals surface area (Å²) < 4.78 is 55.0. The summed E-state index contributed by atoms with van der Waals surface area (Å²) in [6.07, 6.45) is -4.83. The molecule has 0 radical (unpaired) electrons. The Kier molecular flexibility index (Phi) is 8.39. The van der Waals surface area contributed by atoms with E-state index in [1.807, 2.05) is 0 Å². The molecule has 0 spiro atoms. The maximum atomic E-state index is 12.8. The van der Waals surface area contributed by atoms with Crippen molar-refractivity contribution < 1.29 is 37.1 Å². The van der Waals surface area contributed by atoms with Crippen LogP contribution in [0.25, 0.3) is 0 Å². The summed E-state index contributed by atoms with van der Waals surface area (Å²) in [6, 6.07) is 18.8. The van der Waals surface area contributed by atoms with Crippen LogP contribution in [0.1, 0.15) is 12.5 Å². The van der Waals surface area contributed by atoms with Crippen LogP contribution in [-0.4, -0.2) is 21.9 Å². The molecule has 0 aliphatic rings. The number of hydrogen-bond donors (Lipinski definition) is 1. The van der Waals surface area contributed by atoms with Crippen LogP contribution in [0.15, 0.2) is 85.1 Å². The summed E-state index contributed by atoms with van der Waals surface area (Å²) in [5.74, 6) is 0.846. The van der Waals surface area contributed by atoms with Crippen LogP contribution in [0, 0.1) is 10.1 Å². The van der Waals surface area contributed by atoms with Crippen molar-refractivity contribution in [2.24, 2.45) is 0 Å². The minimum absolute atomic E-state index is 0.0496. The predicted molar refractivity (Wildman–Crippen MR) is 139 cm³/mol. The molecule has 1 N–H and O–H groups in total. The van der Waals surface area contributed by atoms with Crippen molar-refractivity contribution in [1.29, 1.82) is 0 Å². The van der Waals surface area contributed by atoms with Crippen molar-refractivity contribution in [3.8, 4) is 28.9 Å². The maximum absolute atomic E-state index is 12.8. The summed E-state index contributed by atoms with van der Waals surface area (Å²) in [7, 11) is 0. The number of carbonyl (C=O) groups is 1. The molecule has 0 saturated carbocycles. The Morgan fingerprint density at radius 3 is 2.00 bits per heavy atom. The highest BCUT2D eigenvalue weighted by Gasteiger charge is 2.31. The quantitative estimate of drug-likeness (QED) is 0.162. The van der Waals surface area contributed by atoms with Crippen LogP contribution in [0.3, 0.4) is 0 Å². The largest absolute Gasteiger partial charge is 0.481 e. The second-order valence-corrected chi connectivity index (χ2v) is 8.62. The lowest BCUT2D eigenvalue weighted by Gasteiger charge is -2.15. The number of nitro groups is 1. The number of alkyl halides is 3. The number of amides is 1. The lowest BCUT2D eigenvalue weighted by molar-refractivity contribution is -0.384. The zero-order valence-electron chi connectivity index (χ0n) is 20.5. The third-order valence-electron chi connectivity index (χ3n) is 5.26. The molecule has 206 valence electrons. The Bertz CT molecular complexity index is 1500. The number of rotatable bonds is 9. The lowest BCUT2D eigenvalue weighted by atomic mass is 10.2. The first kappa shape index (κ1) is 28.2. The summed E-state index contributed by atoms with van der Waals surface area (Å²) in [4.78, 5) is 26.4. The van der Waals surface area contributed by atoms with Gasteiger partial charge in [0.2, 0.25) is 5.88 Å². The van der Waals surface area contributed by atoms with Crippen molar-refractivity contribution >= 4 is 28.9 Å². The predicted octanol–water partition coefficient (Wildman–Crippen LogP) is 7.65. The second-order valence-electron chi connectivity index (χ2n) is 8.21. The van der Waals surface area contributed by atoms with Crippen molar-refractivity contribution in [1.82, 2.24) is 4.98 Å². The van der Waals surface area contributed by atoms with Gasteiger partial charge >= 0.3 is 6.18 Å². The van der Waals surface area contributed by atoms with Gasteiger partial charge in [-0.3, -0.25) is 14.9 Å². The first-order chi connectivity index (χ1) is 19.0. The summed E-state index contributed by atoms with van der Waals surface area (Å²) >= 11 is 5.86. The molecule has 9 nitrogen and oxygen atoms in total. The second kappa shape index (κ2) is 11.9. The van der Waals surface area contributed by atoms with Gasteiger partial charge in [0.05, 0.1) is 10.5 Å². The molecule has 0 aliphatic heterocycles. The van der Waals surface area contributed by atoms with Crippen LogP contribution < -0.4 is 19.5 Å². The van der Waals surface area contributed by atoms with E-state index in [1.54, 1.807) is 31.2 Å². The van der Waals surface area contributed by atoms with Crippen molar-refractivity contribution in [3.63, 3.8) is 0 Å². The fourth-order valence-electron chi connectivity index (χ4n) is 3.23. The van der Waals surface area contributed by atoms with E-state index in [1.165, 1.54) is 48.5 Å². The SMILES string of the molecule is CC(Oc1ccc(Oc2ncc(C(F)(F)F)cc2Cl)cc1)C(=O)Nc1ccc(Oc2ccc([N+](=O)[O-])cc2)cc1. The fraction of sp³-hybridized carbons (Fsp3) is 0.111. The van der Waals surface area contributed by atoms with Gasteiger partial charge in [0, 0.05) is 24.0 Å². The molecule has 4 rings (SSSR count). The minimum atomic E-state index is -4.58. The number of hydrogen-bond acceptors (Lipinski definition) is 7. The van der Waals surface area contributed by atoms with E-state index >= 15 is 0 Å².